The molecule has 180 valence electrons. The molecule has 0 spiro atoms. The number of rotatable bonds is 4. The average Bonchev–Trinajstić information content (AvgIpc) is 3.60. The maximum atomic E-state index is 13.4. The van der Waals surface area contributed by atoms with Crippen molar-refractivity contribution >= 4 is 16.8 Å². The minimum atomic E-state index is 0.189. The van der Waals surface area contributed by atoms with Crippen molar-refractivity contribution in [3.05, 3.63) is 52.5 Å². The second-order valence-corrected chi connectivity index (χ2v) is 10.8. The van der Waals surface area contributed by atoms with Crippen LogP contribution in [0.5, 0.6) is 0 Å². The molecule has 1 amide bonds. The van der Waals surface area contributed by atoms with Gasteiger partial charge >= 0.3 is 0 Å². The zero-order chi connectivity index (χ0) is 23.2. The quantitative estimate of drug-likeness (QED) is 0.540. The smallest absolute Gasteiger partial charge is 0.253 e. The van der Waals surface area contributed by atoms with Gasteiger partial charge in [0, 0.05) is 66.4 Å². The predicted molar refractivity (Wildman–Crippen MR) is 133 cm³/mol. The molecule has 0 radical (unpaired) electrons. The van der Waals surface area contributed by atoms with Gasteiger partial charge in [0.05, 0.1) is 12.7 Å². The number of nitrogens with zero attached hydrogens (tertiary/aromatic N) is 4. The number of piperidine rings is 1. The predicted octanol–water partition coefficient (Wildman–Crippen LogP) is 5.16. The third-order valence-corrected chi connectivity index (χ3v) is 8.62. The summed E-state index contributed by atoms with van der Waals surface area (Å²) < 4.78 is 7.81. The van der Waals surface area contributed by atoms with E-state index in [1.807, 2.05) is 19.2 Å². The Morgan fingerprint density at radius 3 is 2.65 bits per heavy atom. The van der Waals surface area contributed by atoms with Gasteiger partial charge in [0.2, 0.25) is 0 Å². The Kier molecular flexibility index (Phi) is 5.72. The number of amides is 1. The van der Waals surface area contributed by atoms with Crippen molar-refractivity contribution in [3.63, 3.8) is 0 Å². The van der Waals surface area contributed by atoms with Crippen molar-refractivity contribution in [2.45, 2.75) is 77.9 Å². The van der Waals surface area contributed by atoms with Crippen LogP contribution in [0.15, 0.2) is 28.9 Å². The van der Waals surface area contributed by atoms with Gasteiger partial charge in [-0.2, -0.15) is 0 Å². The highest BCUT2D eigenvalue weighted by Crippen LogP contribution is 2.36. The van der Waals surface area contributed by atoms with Crippen molar-refractivity contribution in [1.29, 1.82) is 0 Å². The van der Waals surface area contributed by atoms with E-state index in [4.69, 9.17) is 4.52 Å². The third-order valence-electron chi connectivity index (χ3n) is 8.62. The zero-order valence-electron chi connectivity index (χ0n) is 20.6. The highest BCUT2D eigenvalue weighted by atomic mass is 16.5. The van der Waals surface area contributed by atoms with Gasteiger partial charge in [0.1, 0.15) is 5.76 Å². The lowest BCUT2D eigenvalue weighted by atomic mass is 9.98. The van der Waals surface area contributed by atoms with Crippen LogP contribution in [-0.4, -0.2) is 51.1 Å². The second kappa shape index (κ2) is 8.88. The number of aromatic nitrogens is 2. The summed E-state index contributed by atoms with van der Waals surface area (Å²) in [6.07, 6.45) is 10.5. The van der Waals surface area contributed by atoms with E-state index in [1.54, 1.807) is 0 Å². The van der Waals surface area contributed by atoms with E-state index in [0.29, 0.717) is 6.04 Å². The second-order valence-electron chi connectivity index (χ2n) is 10.8. The summed E-state index contributed by atoms with van der Waals surface area (Å²) >= 11 is 0. The molecule has 3 aromatic rings. The van der Waals surface area contributed by atoms with Gasteiger partial charge in [-0.25, -0.2) is 0 Å². The molecular formula is C28H36N4O2. The van der Waals surface area contributed by atoms with Crippen LogP contribution < -0.4 is 0 Å². The normalized spacial score (nSPS) is 20.4. The largest absolute Gasteiger partial charge is 0.361 e. The first-order valence-electron chi connectivity index (χ1n) is 13.2. The van der Waals surface area contributed by atoms with Crippen molar-refractivity contribution < 1.29 is 9.32 Å². The Morgan fingerprint density at radius 1 is 1.12 bits per heavy atom. The van der Waals surface area contributed by atoms with Gasteiger partial charge in [0.15, 0.2) is 0 Å². The van der Waals surface area contributed by atoms with Crippen LogP contribution in [-0.2, 0) is 19.5 Å². The van der Waals surface area contributed by atoms with E-state index in [9.17, 15) is 4.79 Å². The molecule has 34 heavy (non-hydrogen) atoms. The fourth-order valence-corrected chi connectivity index (χ4v) is 6.40. The first-order valence-corrected chi connectivity index (χ1v) is 13.2. The number of likely N-dealkylation sites (tertiary alicyclic amines) is 1. The molecule has 1 aliphatic carbocycles. The molecule has 4 heterocycles. The molecule has 3 aliphatic rings. The van der Waals surface area contributed by atoms with Gasteiger partial charge in [-0.1, -0.05) is 24.9 Å². The van der Waals surface area contributed by atoms with E-state index < -0.39 is 0 Å². The van der Waals surface area contributed by atoms with Crippen molar-refractivity contribution in [1.82, 2.24) is 19.5 Å². The van der Waals surface area contributed by atoms with Crippen LogP contribution in [0.4, 0.5) is 0 Å². The van der Waals surface area contributed by atoms with Crippen LogP contribution in [0.25, 0.3) is 10.9 Å². The summed E-state index contributed by atoms with van der Waals surface area (Å²) in [5.74, 6) is 1.79. The molecular weight excluding hydrogens is 424 g/mol. The first-order chi connectivity index (χ1) is 16.6. The number of aryl methyl sites for hydroxylation is 1. The lowest BCUT2D eigenvalue weighted by Gasteiger charge is -2.33. The highest BCUT2D eigenvalue weighted by Gasteiger charge is 2.30. The standard InChI is InChI=1S/C28H36N4O2/c1-19-9-12-30(13-10-19)28(33)21-7-8-26-24(15-21)25-18-31(23-5-3-4-6-23)14-11-27(25)32(26)17-22-16-29-34-20(22)2/h7-8,15-16,19,23H,3-6,9-14,17-18H2,1-2H3. The molecule has 2 aliphatic heterocycles. The molecule has 1 saturated carbocycles. The van der Waals surface area contributed by atoms with E-state index in [1.165, 1.54) is 47.8 Å². The van der Waals surface area contributed by atoms with Crippen molar-refractivity contribution in [2.75, 3.05) is 19.6 Å². The molecule has 0 bridgehead atoms. The Balaban J connectivity index is 1.39. The SMILES string of the molecule is Cc1oncc1Cn1c2c(c3cc(C(=O)N4CCC(C)CC4)ccc31)CN(C1CCCC1)CC2. The summed E-state index contributed by atoms with van der Waals surface area (Å²) in [6, 6.07) is 7.12. The summed E-state index contributed by atoms with van der Waals surface area (Å²) in [5, 5.41) is 5.26. The third kappa shape index (κ3) is 3.86. The van der Waals surface area contributed by atoms with E-state index >= 15 is 0 Å². The topological polar surface area (TPSA) is 54.5 Å². The lowest BCUT2D eigenvalue weighted by Crippen LogP contribution is -2.38. The van der Waals surface area contributed by atoms with Crippen LogP contribution in [0, 0.1) is 12.8 Å². The molecule has 1 aromatic carbocycles. The number of fused-ring (bicyclic) bond motifs is 3. The number of hydrogen-bond acceptors (Lipinski definition) is 4. The van der Waals surface area contributed by atoms with Crippen molar-refractivity contribution in [3.8, 4) is 0 Å². The molecule has 6 heteroatoms. The van der Waals surface area contributed by atoms with Gasteiger partial charge in [-0.15, -0.1) is 0 Å². The average molecular weight is 461 g/mol. The van der Waals surface area contributed by atoms with Gasteiger partial charge < -0.3 is 14.0 Å². The fraction of sp³-hybridized carbons (Fsp3) is 0.571. The molecule has 6 nitrogen and oxygen atoms in total. The van der Waals surface area contributed by atoms with Gasteiger partial charge in [-0.3, -0.25) is 9.69 Å². The maximum Gasteiger partial charge on any atom is 0.253 e. The van der Waals surface area contributed by atoms with Crippen LogP contribution in [0.3, 0.4) is 0 Å². The van der Waals surface area contributed by atoms with Crippen LogP contribution >= 0.6 is 0 Å². The monoisotopic (exact) mass is 460 g/mol. The van der Waals surface area contributed by atoms with Crippen molar-refractivity contribution in [2.24, 2.45) is 5.92 Å². The summed E-state index contributed by atoms with van der Waals surface area (Å²) in [6.45, 7) is 8.90. The maximum absolute atomic E-state index is 13.4. The molecule has 0 N–H and O–H groups in total. The Morgan fingerprint density at radius 2 is 1.91 bits per heavy atom. The first kappa shape index (κ1) is 21.9. The summed E-state index contributed by atoms with van der Waals surface area (Å²) in [4.78, 5) is 18.1. The lowest BCUT2D eigenvalue weighted by molar-refractivity contribution is 0.0697. The minimum Gasteiger partial charge on any atom is -0.361 e. The molecule has 0 unspecified atom stereocenters. The van der Waals surface area contributed by atoms with Crippen LogP contribution in [0.2, 0.25) is 0 Å². The number of hydrogen-bond donors (Lipinski definition) is 0. The van der Waals surface area contributed by atoms with Crippen LogP contribution in [0.1, 0.15) is 78.4 Å². The summed E-state index contributed by atoms with van der Waals surface area (Å²) in [7, 11) is 0. The number of benzene rings is 1. The highest BCUT2D eigenvalue weighted by molar-refractivity contribution is 5.99. The zero-order valence-corrected chi connectivity index (χ0v) is 20.6. The van der Waals surface area contributed by atoms with E-state index in [2.05, 4.69) is 38.6 Å². The Labute approximate surface area is 201 Å². The molecule has 1 saturated heterocycles. The Bertz CT molecular complexity index is 1190. The fourth-order valence-electron chi connectivity index (χ4n) is 6.40. The van der Waals surface area contributed by atoms with Gasteiger partial charge in [-0.05, 0) is 62.3 Å². The summed E-state index contributed by atoms with van der Waals surface area (Å²) in [5.41, 5.74) is 6.02. The number of carbonyl (C=O) groups is 1. The molecule has 2 fully saturated rings. The van der Waals surface area contributed by atoms with Gasteiger partial charge in [0.25, 0.3) is 5.91 Å². The molecule has 2 aromatic heterocycles. The van der Waals surface area contributed by atoms with E-state index in [0.717, 1.165) is 74.8 Å². The minimum absolute atomic E-state index is 0.189. The molecule has 6 rings (SSSR count). The number of carbonyl (C=O) groups excluding carboxylic acids is 1. The Hall–Kier alpha value is -2.60. The van der Waals surface area contributed by atoms with E-state index in [-0.39, 0.29) is 5.91 Å². The molecule has 0 atom stereocenters.